The number of anilines is 1. The third-order valence-electron chi connectivity index (χ3n) is 6.20. The minimum absolute atomic E-state index is 0.0713. The number of aromatic nitrogens is 2. The van der Waals surface area contributed by atoms with Crippen LogP contribution in [0, 0.1) is 0 Å². The molecule has 0 fully saturated rings. The van der Waals surface area contributed by atoms with Gasteiger partial charge in [0.1, 0.15) is 10.8 Å². The molecule has 0 radical (unpaired) electrons. The topological polar surface area (TPSA) is 137 Å². The Balaban J connectivity index is 1.74. The summed E-state index contributed by atoms with van der Waals surface area (Å²) in [5, 5.41) is 9.15. The monoisotopic (exact) mass is 598 g/mol. The van der Waals surface area contributed by atoms with Crippen LogP contribution in [0.5, 0.6) is 5.75 Å². The Morgan fingerprint density at radius 2 is 1.63 bits per heavy atom. The molecule has 0 aliphatic carbocycles. The van der Waals surface area contributed by atoms with Crippen molar-refractivity contribution in [3.8, 4) is 11.4 Å². The largest absolute Gasteiger partial charge is 0.494 e. The molecular formula is C28H30N4O7S2. The number of nitrogens with one attached hydrogen (secondary N) is 1. The predicted molar refractivity (Wildman–Crippen MR) is 157 cm³/mol. The zero-order chi connectivity index (χ0) is 29.7. The van der Waals surface area contributed by atoms with E-state index < -0.39 is 27.5 Å². The van der Waals surface area contributed by atoms with E-state index in [1.807, 2.05) is 6.92 Å². The summed E-state index contributed by atoms with van der Waals surface area (Å²) in [6.45, 7) is 8.25. The van der Waals surface area contributed by atoms with Crippen molar-refractivity contribution in [3.05, 3.63) is 75.5 Å². The van der Waals surface area contributed by atoms with Crippen molar-refractivity contribution in [3.63, 3.8) is 0 Å². The van der Waals surface area contributed by atoms with Gasteiger partial charge < -0.3 is 14.8 Å². The van der Waals surface area contributed by atoms with Gasteiger partial charge in [0.15, 0.2) is 5.69 Å². The highest BCUT2D eigenvalue weighted by atomic mass is 32.2. The van der Waals surface area contributed by atoms with Crippen LogP contribution < -0.4 is 15.6 Å². The van der Waals surface area contributed by atoms with Crippen molar-refractivity contribution >= 4 is 49.0 Å². The minimum atomic E-state index is -3.68. The number of amides is 1. The Labute approximate surface area is 241 Å². The Morgan fingerprint density at radius 1 is 0.976 bits per heavy atom. The lowest BCUT2D eigenvalue weighted by atomic mass is 10.2. The van der Waals surface area contributed by atoms with Gasteiger partial charge in [-0.1, -0.05) is 13.8 Å². The quantitative estimate of drug-likeness (QED) is 0.252. The number of rotatable bonds is 11. The maximum atomic E-state index is 13.6. The van der Waals surface area contributed by atoms with Crippen molar-refractivity contribution < 1.29 is 27.5 Å². The summed E-state index contributed by atoms with van der Waals surface area (Å²) in [6.07, 6.45) is 0. The summed E-state index contributed by atoms with van der Waals surface area (Å²) >= 11 is 1.06. The molecule has 0 atom stereocenters. The first-order valence-corrected chi connectivity index (χ1v) is 15.3. The Kier molecular flexibility index (Phi) is 9.21. The molecule has 11 nitrogen and oxygen atoms in total. The number of hydrogen-bond donors (Lipinski definition) is 1. The molecule has 13 heteroatoms. The fourth-order valence-electron chi connectivity index (χ4n) is 4.18. The number of ether oxygens (including phenoxy) is 2. The highest BCUT2D eigenvalue weighted by Crippen LogP contribution is 2.31. The summed E-state index contributed by atoms with van der Waals surface area (Å²) in [6, 6.07) is 12.2. The van der Waals surface area contributed by atoms with E-state index in [0.29, 0.717) is 31.1 Å². The second-order valence-corrected chi connectivity index (χ2v) is 11.5. The van der Waals surface area contributed by atoms with Gasteiger partial charge in [-0.05, 0) is 62.4 Å². The van der Waals surface area contributed by atoms with E-state index in [1.165, 1.54) is 28.6 Å². The molecule has 41 heavy (non-hydrogen) atoms. The number of fused-ring (bicyclic) bond motifs is 1. The van der Waals surface area contributed by atoms with Crippen LogP contribution in [-0.2, 0) is 14.8 Å². The van der Waals surface area contributed by atoms with Crippen LogP contribution in [0.2, 0.25) is 0 Å². The maximum Gasteiger partial charge on any atom is 0.359 e. The number of carbonyl (C=O) groups is 2. The van der Waals surface area contributed by atoms with Gasteiger partial charge in [-0.3, -0.25) is 9.59 Å². The molecule has 2 heterocycles. The van der Waals surface area contributed by atoms with E-state index in [0.717, 1.165) is 16.0 Å². The number of carbonyl (C=O) groups excluding carboxylic acids is 2. The average molecular weight is 599 g/mol. The van der Waals surface area contributed by atoms with E-state index >= 15 is 0 Å². The SMILES string of the molecule is CCOC(=O)c1nn(-c2ccc(OCC)cc2)c(=O)c2c(NC(=O)c3ccc(S(=O)(=O)N(CC)CC)cc3)scc12. The van der Waals surface area contributed by atoms with Gasteiger partial charge >= 0.3 is 5.97 Å². The first-order chi connectivity index (χ1) is 19.7. The Morgan fingerprint density at radius 3 is 2.22 bits per heavy atom. The number of nitrogens with zero attached hydrogens (tertiary/aromatic N) is 3. The standard InChI is InChI=1S/C28H30N4O7S2/c1-5-31(6-2)41(36,37)21-15-9-18(10-16-21)25(33)29-26-23-22(17-40-26)24(28(35)39-8-4)30-32(27(23)34)19-11-13-20(14-12-19)38-7-3/h9-17H,5-8H2,1-4H3,(H,29,33). The van der Waals surface area contributed by atoms with Crippen LogP contribution in [0.25, 0.3) is 16.5 Å². The Hall–Kier alpha value is -4.07. The molecule has 4 aromatic rings. The van der Waals surface area contributed by atoms with Crippen LogP contribution in [0.1, 0.15) is 48.5 Å². The first kappa shape index (κ1) is 29.9. The number of benzene rings is 2. The molecule has 1 N–H and O–H groups in total. The van der Waals surface area contributed by atoms with Crippen molar-refractivity contribution in [1.82, 2.24) is 14.1 Å². The van der Waals surface area contributed by atoms with Crippen LogP contribution in [-0.4, -0.2) is 60.7 Å². The van der Waals surface area contributed by atoms with Crippen molar-refractivity contribution in [2.75, 3.05) is 31.6 Å². The zero-order valence-corrected chi connectivity index (χ0v) is 24.7. The second kappa shape index (κ2) is 12.6. The van der Waals surface area contributed by atoms with Gasteiger partial charge in [0, 0.05) is 29.4 Å². The highest BCUT2D eigenvalue weighted by molar-refractivity contribution is 7.89. The Bertz CT molecular complexity index is 1720. The molecule has 0 spiro atoms. The van der Waals surface area contributed by atoms with E-state index in [4.69, 9.17) is 9.47 Å². The van der Waals surface area contributed by atoms with E-state index in [1.54, 1.807) is 50.4 Å². The molecule has 1 amide bonds. The average Bonchev–Trinajstić information content (AvgIpc) is 3.38. The fraction of sp³-hybridized carbons (Fsp3) is 0.286. The summed E-state index contributed by atoms with van der Waals surface area (Å²) in [5.41, 5.74) is -0.0385. The van der Waals surface area contributed by atoms with Crippen molar-refractivity contribution in [1.29, 1.82) is 0 Å². The van der Waals surface area contributed by atoms with Crippen molar-refractivity contribution in [2.24, 2.45) is 0 Å². The second-order valence-electron chi connectivity index (χ2n) is 8.63. The van der Waals surface area contributed by atoms with Gasteiger partial charge in [-0.15, -0.1) is 11.3 Å². The predicted octanol–water partition coefficient (Wildman–Crippen LogP) is 4.31. The molecule has 0 aliphatic rings. The van der Waals surface area contributed by atoms with E-state index in [-0.39, 0.29) is 38.5 Å². The van der Waals surface area contributed by atoms with Crippen LogP contribution >= 0.6 is 11.3 Å². The molecule has 0 saturated heterocycles. The van der Waals surface area contributed by atoms with Gasteiger partial charge in [0.2, 0.25) is 10.0 Å². The molecule has 216 valence electrons. The van der Waals surface area contributed by atoms with Gasteiger partial charge in [-0.2, -0.15) is 14.1 Å². The number of thiophene rings is 1. The van der Waals surface area contributed by atoms with Crippen molar-refractivity contribution in [2.45, 2.75) is 32.6 Å². The molecule has 0 saturated carbocycles. The lowest BCUT2D eigenvalue weighted by Crippen LogP contribution is -2.30. The minimum Gasteiger partial charge on any atom is -0.494 e. The maximum absolute atomic E-state index is 13.6. The molecular weight excluding hydrogens is 568 g/mol. The fourth-order valence-corrected chi connectivity index (χ4v) is 6.57. The van der Waals surface area contributed by atoms with Gasteiger partial charge in [-0.25, -0.2) is 13.2 Å². The number of hydrogen-bond acceptors (Lipinski definition) is 9. The number of sulfonamides is 1. The lowest BCUT2D eigenvalue weighted by molar-refractivity contribution is 0.0519. The normalized spacial score (nSPS) is 11.5. The molecule has 0 aliphatic heterocycles. The lowest BCUT2D eigenvalue weighted by Gasteiger charge is -2.18. The summed E-state index contributed by atoms with van der Waals surface area (Å²) in [5.74, 6) is -0.657. The van der Waals surface area contributed by atoms with E-state index in [9.17, 15) is 22.8 Å². The van der Waals surface area contributed by atoms with Gasteiger partial charge in [0.05, 0.1) is 29.2 Å². The zero-order valence-electron chi connectivity index (χ0n) is 23.0. The first-order valence-electron chi connectivity index (χ1n) is 13.0. The molecule has 2 aromatic heterocycles. The summed E-state index contributed by atoms with van der Waals surface area (Å²) in [4.78, 5) is 39.7. The molecule has 0 unspecified atom stereocenters. The van der Waals surface area contributed by atoms with Crippen LogP contribution in [0.3, 0.4) is 0 Å². The third kappa shape index (κ3) is 6.01. The summed E-state index contributed by atoms with van der Waals surface area (Å²) in [7, 11) is -3.68. The van der Waals surface area contributed by atoms with Crippen LogP contribution in [0.15, 0.2) is 63.6 Å². The molecule has 4 rings (SSSR count). The number of esters is 1. The summed E-state index contributed by atoms with van der Waals surface area (Å²) < 4.78 is 38.6. The highest BCUT2D eigenvalue weighted by Gasteiger charge is 2.25. The molecule has 2 aromatic carbocycles. The third-order valence-corrected chi connectivity index (χ3v) is 9.16. The molecule has 0 bridgehead atoms. The van der Waals surface area contributed by atoms with Gasteiger partial charge in [0.25, 0.3) is 11.5 Å². The smallest absolute Gasteiger partial charge is 0.359 e. The van der Waals surface area contributed by atoms with E-state index in [2.05, 4.69) is 10.4 Å². The van der Waals surface area contributed by atoms with Crippen LogP contribution in [0.4, 0.5) is 5.00 Å².